The van der Waals surface area contributed by atoms with Gasteiger partial charge in [-0.3, -0.25) is 14.4 Å². The minimum absolute atomic E-state index is 0.0103. The fourth-order valence-electron chi connectivity index (χ4n) is 8.62. The number of rotatable bonds is 5. The number of carbonyl (C=O) groups excluding carboxylic acids is 4. The Morgan fingerprint density at radius 2 is 1.94 bits per heavy atom. The molecule has 0 radical (unpaired) electrons. The SMILES string of the molecule is CC(C)(C)[C@H](NC(=O)OCc1ccccc1)C(=O)N1C[C@@H]2[C@H]3C[C@@H]([C@@H]2[C@H]1C(=O)N1C[C@@]2(C[C@H]1C#N)Oc1cccnc1NC2=O)[C@H](F)C3. The fraction of sp³-hybridized carbons (Fsp3) is 0.543. The van der Waals surface area contributed by atoms with E-state index < -0.39 is 71.0 Å². The molecule has 3 aliphatic heterocycles. The van der Waals surface area contributed by atoms with Gasteiger partial charge in [0.2, 0.25) is 17.4 Å². The average Bonchev–Trinajstić information content (AvgIpc) is 3.82. The standard InChI is InChI=1S/C35H39FN6O6/c1-34(2,3)28(39-33(46)47-17-19-8-5-4-6-9-19)31(44)41-16-23-20-12-22(24(36)13-20)26(23)27(41)30(43)42-18-35(14-21(42)15-37)32(45)40-29-25(48-35)10-7-11-38-29/h4-11,20-24,26-28H,12-14,16-18H2,1-3H3,(H,39,46)(H,38,40,45)/t20-,21-,22+,23+,24+,26-,27-,28+,35+/m0/s1. The van der Waals surface area contributed by atoms with Gasteiger partial charge in [-0.2, -0.15) is 5.26 Å². The number of nitrogens with one attached hydrogen (secondary N) is 2. The van der Waals surface area contributed by atoms with Crippen LogP contribution in [-0.2, 0) is 25.7 Å². The van der Waals surface area contributed by atoms with Gasteiger partial charge in [-0.25, -0.2) is 14.2 Å². The maximum Gasteiger partial charge on any atom is 0.408 e. The molecule has 2 aromatic rings. The van der Waals surface area contributed by atoms with Crippen LogP contribution in [0, 0.1) is 40.4 Å². The van der Waals surface area contributed by atoms with E-state index in [9.17, 15) is 24.4 Å². The number of pyridine rings is 1. The van der Waals surface area contributed by atoms with Gasteiger partial charge < -0.3 is 29.9 Å². The van der Waals surface area contributed by atoms with Crippen LogP contribution in [0.1, 0.15) is 45.6 Å². The summed E-state index contributed by atoms with van der Waals surface area (Å²) in [7, 11) is 0. The lowest BCUT2D eigenvalue weighted by molar-refractivity contribution is -0.149. The number of ether oxygens (including phenoxy) is 2. The van der Waals surface area contributed by atoms with Gasteiger partial charge in [0.05, 0.1) is 12.6 Å². The Kier molecular flexibility index (Phi) is 7.80. The predicted molar refractivity (Wildman–Crippen MR) is 169 cm³/mol. The monoisotopic (exact) mass is 658 g/mol. The fourth-order valence-corrected chi connectivity index (χ4v) is 8.62. The number of halogens is 1. The molecule has 48 heavy (non-hydrogen) atoms. The molecular formula is C35H39FN6O6. The number of alkyl carbamates (subject to hydrolysis) is 1. The highest BCUT2D eigenvalue weighted by Crippen LogP contribution is 2.59. The smallest absolute Gasteiger partial charge is 0.408 e. The Balaban J connectivity index is 1.17. The molecule has 9 atom stereocenters. The van der Waals surface area contributed by atoms with Gasteiger partial charge in [0.1, 0.15) is 30.9 Å². The van der Waals surface area contributed by atoms with Crippen LogP contribution in [0.2, 0.25) is 0 Å². The molecule has 13 heteroatoms. The Labute approximate surface area is 277 Å². The predicted octanol–water partition coefficient (Wildman–Crippen LogP) is 3.44. The Hall–Kier alpha value is -4.73. The van der Waals surface area contributed by atoms with Gasteiger partial charge in [0.15, 0.2) is 11.6 Å². The van der Waals surface area contributed by atoms with E-state index in [0.717, 1.165) is 5.56 Å². The number of likely N-dealkylation sites (tertiary alicyclic amines) is 2. The third-order valence-corrected chi connectivity index (χ3v) is 10.9. The van der Waals surface area contributed by atoms with Crippen LogP contribution in [0.3, 0.4) is 0 Å². The molecule has 2 saturated heterocycles. The molecule has 12 nitrogen and oxygen atoms in total. The van der Waals surface area contributed by atoms with E-state index >= 15 is 4.39 Å². The van der Waals surface area contributed by atoms with Crippen molar-refractivity contribution in [1.29, 1.82) is 5.26 Å². The Morgan fingerprint density at radius 3 is 2.67 bits per heavy atom. The highest BCUT2D eigenvalue weighted by molar-refractivity contribution is 6.01. The molecule has 5 aliphatic rings. The Morgan fingerprint density at radius 1 is 1.17 bits per heavy atom. The lowest BCUT2D eigenvalue weighted by Gasteiger charge is -2.38. The molecule has 2 aliphatic carbocycles. The summed E-state index contributed by atoms with van der Waals surface area (Å²) in [5, 5.41) is 15.7. The second kappa shape index (κ2) is 11.8. The minimum Gasteiger partial charge on any atom is -0.472 e. The number of nitriles is 1. The van der Waals surface area contributed by atoms with Crippen LogP contribution < -0.4 is 15.4 Å². The van der Waals surface area contributed by atoms with Crippen molar-refractivity contribution in [3.8, 4) is 11.8 Å². The molecule has 2 N–H and O–H groups in total. The number of hydrogen-bond acceptors (Lipinski definition) is 8. The summed E-state index contributed by atoms with van der Waals surface area (Å²) in [5.74, 6) is -1.88. The second-order valence-electron chi connectivity index (χ2n) is 14.8. The zero-order valence-electron chi connectivity index (χ0n) is 27.1. The summed E-state index contributed by atoms with van der Waals surface area (Å²) >= 11 is 0. The lowest BCUT2D eigenvalue weighted by Crippen LogP contribution is -2.60. The van der Waals surface area contributed by atoms with Crippen LogP contribution in [0.25, 0.3) is 0 Å². The van der Waals surface area contributed by atoms with E-state index in [2.05, 4.69) is 21.7 Å². The third kappa shape index (κ3) is 5.31. The minimum atomic E-state index is -1.53. The number of anilines is 1. The maximum absolute atomic E-state index is 15.3. The quantitative estimate of drug-likeness (QED) is 0.496. The molecule has 4 amide bonds. The van der Waals surface area contributed by atoms with Crippen molar-refractivity contribution in [2.45, 2.75) is 76.5 Å². The van der Waals surface area contributed by atoms with Gasteiger partial charge in [-0.1, -0.05) is 51.1 Å². The van der Waals surface area contributed by atoms with E-state index in [4.69, 9.17) is 9.47 Å². The number of nitrogens with zero attached hydrogens (tertiary/aromatic N) is 4. The molecule has 0 unspecified atom stereocenters. The molecule has 252 valence electrons. The van der Waals surface area contributed by atoms with Crippen molar-refractivity contribution in [2.75, 3.05) is 18.4 Å². The summed E-state index contributed by atoms with van der Waals surface area (Å²) in [6.07, 6.45) is 0.578. The zero-order valence-corrected chi connectivity index (χ0v) is 27.1. The van der Waals surface area contributed by atoms with Gasteiger partial charge in [-0.05, 0) is 59.6 Å². The first-order chi connectivity index (χ1) is 22.9. The summed E-state index contributed by atoms with van der Waals surface area (Å²) in [6, 6.07) is 11.5. The highest BCUT2D eigenvalue weighted by Gasteiger charge is 2.65. The number of benzene rings is 1. The third-order valence-electron chi connectivity index (χ3n) is 10.9. The molecule has 2 saturated carbocycles. The van der Waals surface area contributed by atoms with Crippen molar-refractivity contribution in [2.24, 2.45) is 29.1 Å². The number of amides is 4. The maximum atomic E-state index is 15.3. The Bertz CT molecular complexity index is 1680. The number of hydrogen-bond donors (Lipinski definition) is 2. The van der Waals surface area contributed by atoms with Crippen LogP contribution >= 0.6 is 0 Å². The molecule has 1 spiro atoms. The number of aromatic nitrogens is 1. The summed E-state index contributed by atoms with van der Waals surface area (Å²) in [5.41, 5.74) is -1.53. The normalized spacial score (nSPS) is 32.1. The first kappa shape index (κ1) is 31.8. The zero-order chi connectivity index (χ0) is 34.0. The van der Waals surface area contributed by atoms with Gasteiger partial charge >= 0.3 is 6.09 Å². The van der Waals surface area contributed by atoms with Crippen LogP contribution in [0.4, 0.5) is 15.0 Å². The van der Waals surface area contributed by atoms with Gasteiger partial charge in [0.25, 0.3) is 5.91 Å². The number of alkyl halides is 1. The largest absolute Gasteiger partial charge is 0.472 e. The van der Waals surface area contributed by atoms with Crippen molar-refractivity contribution in [3.63, 3.8) is 0 Å². The van der Waals surface area contributed by atoms with E-state index in [1.807, 2.05) is 51.1 Å². The van der Waals surface area contributed by atoms with Crippen molar-refractivity contribution < 1.29 is 33.0 Å². The van der Waals surface area contributed by atoms with Gasteiger partial charge in [-0.15, -0.1) is 0 Å². The van der Waals surface area contributed by atoms with Crippen molar-refractivity contribution in [1.82, 2.24) is 20.1 Å². The van der Waals surface area contributed by atoms with E-state index in [1.54, 1.807) is 12.1 Å². The highest BCUT2D eigenvalue weighted by atomic mass is 19.1. The van der Waals surface area contributed by atoms with Crippen LogP contribution in [0.5, 0.6) is 5.75 Å². The number of fused-ring (bicyclic) bond motifs is 6. The van der Waals surface area contributed by atoms with Crippen LogP contribution in [-0.4, -0.2) is 81.6 Å². The second-order valence-corrected chi connectivity index (χ2v) is 14.8. The van der Waals surface area contributed by atoms with E-state index in [1.165, 1.54) is 16.0 Å². The van der Waals surface area contributed by atoms with Crippen molar-refractivity contribution in [3.05, 3.63) is 54.2 Å². The molecule has 2 bridgehead atoms. The molecule has 4 heterocycles. The van der Waals surface area contributed by atoms with Crippen molar-refractivity contribution >= 4 is 29.6 Å². The van der Waals surface area contributed by atoms with Gasteiger partial charge in [0, 0.05) is 19.2 Å². The van der Waals surface area contributed by atoms with Crippen LogP contribution in [0.15, 0.2) is 48.7 Å². The molecule has 1 aromatic heterocycles. The lowest BCUT2D eigenvalue weighted by atomic mass is 9.77. The number of carbonyl (C=O) groups is 4. The summed E-state index contributed by atoms with van der Waals surface area (Å²) in [6.45, 7) is 5.45. The first-order valence-corrected chi connectivity index (χ1v) is 16.5. The molecular weight excluding hydrogens is 619 g/mol. The molecule has 1 aromatic carbocycles. The summed E-state index contributed by atoms with van der Waals surface area (Å²) < 4.78 is 26.9. The molecule has 7 rings (SSSR count). The average molecular weight is 659 g/mol. The topological polar surface area (TPSA) is 154 Å². The first-order valence-electron chi connectivity index (χ1n) is 16.5. The molecule has 4 fully saturated rings. The van der Waals surface area contributed by atoms with E-state index in [-0.39, 0.29) is 43.8 Å². The summed E-state index contributed by atoms with van der Waals surface area (Å²) in [4.78, 5) is 62.6. The van der Waals surface area contributed by atoms with E-state index in [0.29, 0.717) is 18.6 Å².